The molecule has 0 saturated heterocycles. The maximum Gasteiger partial charge on any atom is 0.263 e. The van der Waals surface area contributed by atoms with Gasteiger partial charge in [0, 0.05) is 11.4 Å². The molecule has 0 radical (unpaired) electrons. The molecule has 5 nitrogen and oxygen atoms in total. The molecule has 0 amide bonds. The Morgan fingerprint density at radius 2 is 2.03 bits per heavy atom. The summed E-state index contributed by atoms with van der Waals surface area (Å²) in [6.07, 6.45) is 4.29. The van der Waals surface area contributed by atoms with Gasteiger partial charge in [-0.15, -0.1) is 11.3 Å². The van der Waals surface area contributed by atoms with E-state index in [0.29, 0.717) is 12.4 Å². The van der Waals surface area contributed by atoms with E-state index in [1.807, 2.05) is 7.05 Å². The van der Waals surface area contributed by atoms with Gasteiger partial charge in [0.25, 0.3) is 5.56 Å². The second-order valence-electron chi connectivity index (χ2n) is 8.07. The van der Waals surface area contributed by atoms with Crippen LogP contribution in [0.1, 0.15) is 45.8 Å². The number of nitrogens with zero attached hydrogens (tertiary/aromatic N) is 4. The first-order chi connectivity index (χ1) is 14.0. The SMILES string of the molecule is Cc1ccc(CN(C)Cc2nc3sc4c(c3c(=O)n2CC#N)CCCC4)c(C)c1. The van der Waals surface area contributed by atoms with Crippen molar-refractivity contribution < 1.29 is 0 Å². The third-order valence-electron chi connectivity index (χ3n) is 5.73. The van der Waals surface area contributed by atoms with Gasteiger partial charge < -0.3 is 0 Å². The zero-order valence-electron chi connectivity index (χ0n) is 17.3. The van der Waals surface area contributed by atoms with Gasteiger partial charge in [0.15, 0.2) is 0 Å². The first-order valence-corrected chi connectivity index (χ1v) is 10.9. The van der Waals surface area contributed by atoms with Crippen LogP contribution in [0.5, 0.6) is 0 Å². The summed E-state index contributed by atoms with van der Waals surface area (Å²) in [5.41, 5.74) is 4.91. The molecule has 0 saturated carbocycles. The molecule has 0 bridgehead atoms. The molecule has 1 aromatic carbocycles. The summed E-state index contributed by atoms with van der Waals surface area (Å²) in [7, 11) is 2.03. The molecule has 1 aliphatic carbocycles. The monoisotopic (exact) mass is 406 g/mol. The van der Waals surface area contributed by atoms with Gasteiger partial charge in [0.2, 0.25) is 0 Å². The third-order valence-corrected chi connectivity index (χ3v) is 6.92. The van der Waals surface area contributed by atoms with Crippen molar-refractivity contribution >= 4 is 21.6 Å². The quantitative estimate of drug-likeness (QED) is 0.640. The maximum absolute atomic E-state index is 13.3. The Hall–Kier alpha value is -2.49. The zero-order chi connectivity index (χ0) is 20.5. The summed E-state index contributed by atoms with van der Waals surface area (Å²) in [5.74, 6) is 0.676. The lowest BCUT2D eigenvalue weighted by atomic mass is 9.97. The van der Waals surface area contributed by atoms with E-state index in [2.05, 4.69) is 43.0 Å². The van der Waals surface area contributed by atoms with Crippen LogP contribution in [0.2, 0.25) is 0 Å². The standard InChI is InChI=1S/C23H26N4OS/c1-15-8-9-17(16(2)12-15)13-26(3)14-20-25-22-21(23(28)27(20)11-10-24)18-6-4-5-7-19(18)29-22/h8-9,12H,4-7,11,13-14H2,1-3H3. The Balaban J connectivity index is 1.69. The maximum atomic E-state index is 13.3. The molecule has 0 fully saturated rings. The number of benzene rings is 1. The Bertz CT molecular complexity index is 1170. The van der Waals surface area contributed by atoms with Crippen molar-refractivity contribution in [2.45, 2.75) is 59.2 Å². The number of aryl methyl sites for hydroxylation is 4. The van der Waals surface area contributed by atoms with Gasteiger partial charge in [-0.2, -0.15) is 5.26 Å². The van der Waals surface area contributed by atoms with Crippen molar-refractivity contribution in [3.05, 3.63) is 61.5 Å². The van der Waals surface area contributed by atoms with Gasteiger partial charge in [-0.05, 0) is 63.3 Å². The first kappa shape index (κ1) is 19.8. The highest BCUT2D eigenvalue weighted by Crippen LogP contribution is 2.33. The fraction of sp³-hybridized carbons (Fsp3) is 0.435. The van der Waals surface area contributed by atoms with Crippen LogP contribution in [-0.2, 0) is 32.5 Å². The van der Waals surface area contributed by atoms with Crippen LogP contribution in [0.4, 0.5) is 0 Å². The van der Waals surface area contributed by atoms with Crippen molar-refractivity contribution in [1.29, 1.82) is 5.26 Å². The van der Waals surface area contributed by atoms with Crippen molar-refractivity contribution in [3.63, 3.8) is 0 Å². The predicted octanol–water partition coefficient (Wildman–Crippen LogP) is 4.11. The Labute approximate surface area is 175 Å². The van der Waals surface area contributed by atoms with Crippen molar-refractivity contribution in [1.82, 2.24) is 14.5 Å². The molecule has 1 aliphatic rings. The van der Waals surface area contributed by atoms with E-state index < -0.39 is 0 Å². The molecular weight excluding hydrogens is 380 g/mol. The van der Waals surface area contributed by atoms with E-state index in [4.69, 9.17) is 4.98 Å². The molecule has 2 aromatic heterocycles. The summed E-state index contributed by atoms with van der Waals surface area (Å²) in [6.45, 7) is 5.57. The lowest BCUT2D eigenvalue weighted by Crippen LogP contribution is -2.29. The normalized spacial score (nSPS) is 13.6. The number of thiophene rings is 1. The second kappa shape index (κ2) is 8.10. The number of hydrogen-bond donors (Lipinski definition) is 0. The van der Waals surface area contributed by atoms with Crippen molar-refractivity contribution in [3.8, 4) is 6.07 Å². The molecule has 3 aromatic rings. The van der Waals surface area contributed by atoms with E-state index in [9.17, 15) is 10.1 Å². The summed E-state index contributed by atoms with van der Waals surface area (Å²) in [4.78, 5) is 22.4. The molecule has 0 N–H and O–H groups in total. The highest BCUT2D eigenvalue weighted by Gasteiger charge is 2.22. The Morgan fingerprint density at radius 3 is 2.79 bits per heavy atom. The summed E-state index contributed by atoms with van der Waals surface area (Å²) in [6, 6.07) is 8.63. The number of nitriles is 1. The number of rotatable bonds is 5. The molecule has 29 heavy (non-hydrogen) atoms. The van der Waals surface area contributed by atoms with Crippen LogP contribution in [0.15, 0.2) is 23.0 Å². The molecule has 0 aliphatic heterocycles. The molecular formula is C23H26N4OS. The van der Waals surface area contributed by atoms with Crippen molar-refractivity contribution in [2.75, 3.05) is 7.05 Å². The minimum atomic E-state index is -0.0501. The van der Waals surface area contributed by atoms with Crippen LogP contribution in [0.25, 0.3) is 10.2 Å². The van der Waals surface area contributed by atoms with Crippen LogP contribution in [-0.4, -0.2) is 21.5 Å². The van der Waals surface area contributed by atoms with Gasteiger partial charge in [0.05, 0.1) is 18.0 Å². The smallest absolute Gasteiger partial charge is 0.263 e. The molecule has 2 heterocycles. The summed E-state index contributed by atoms with van der Waals surface area (Å²) in [5, 5.41) is 10.1. The molecule has 4 rings (SSSR count). The number of hydrogen-bond acceptors (Lipinski definition) is 5. The van der Waals surface area contributed by atoms with E-state index in [0.717, 1.165) is 36.0 Å². The van der Waals surface area contributed by atoms with Crippen LogP contribution >= 0.6 is 11.3 Å². The first-order valence-electron chi connectivity index (χ1n) is 10.1. The largest absolute Gasteiger partial charge is 0.295 e. The van der Waals surface area contributed by atoms with Crippen molar-refractivity contribution in [2.24, 2.45) is 0 Å². The van der Waals surface area contributed by atoms with Gasteiger partial charge in [-0.25, -0.2) is 4.98 Å². The van der Waals surface area contributed by atoms with E-state index >= 15 is 0 Å². The molecule has 0 atom stereocenters. The van der Waals surface area contributed by atoms with E-state index in [1.54, 1.807) is 15.9 Å². The summed E-state index contributed by atoms with van der Waals surface area (Å²) < 4.78 is 1.57. The molecule has 0 unspecified atom stereocenters. The average molecular weight is 407 g/mol. The highest BCUT2D eigenvalue weighted by atomic mass is 32.1. The van der Waals surface area contributed by atoms with Gasteiger partial charge in [0.1, 0.15) is 17.2 Å². The van der Waals surface area contributed by atoms with Crippen LogP contribution in [0.3, 0.4) is 0 Å². The van der Waals surface area contributed by atoms with Gasteiger partial charge in [-0.3, -0.25) is 14.3 Å². The Kier molecular flexibility index (Phi) is 5.53. The number of fused-ring (bicyclic) bond motifs is 3. The zero-order valence-corrected chi connectivity index (χ0v) is 18.1. The summed E-state index contributed by atoms with van der Waals surface area (Å²) >= 11 is 1.66. The molecule has 6 heteroatoms. The fourth-order valence-corrected chi connectivity index (χ4v) is 5.52. The fourth-order valence-electron chi connectivity index (χ4n) is 4.25. The minimum Gasteiger partial charge on any atom is -0.295 e. The van der Waals surface area contributed by atoms with Gasteiger partial charge >= 0.3 is 0 Å². The third kappa shape index (κ3) is 3.85. The average Bonchev–Trinajstić information content (AvgIpc) is 3.05. The Morgan fingerprint density at radius 1 is 1.24 bits per heavy atom. The minimum absolute atomic E-state index is 0.0408. The lowest BCUT2D eigenvalue weighted by Gasteiger charge is -2.20. The lowest BCUT2D eigenvalue weighted by molar-refractivity contribution is 0.304. The molecule has 150 valence electrons. The predicted molar refractivity (Wildman–Crippen MR) is 117 cm³/mol. The molecule has 0 spiro atoms. The van der Waals surface area contributed by atoms with Crippen LogP contribution < -0.4 is 5.56 Å². The van der Waals surface area contributed by atoms with E-state index in [1.165, 1.54) is 33.6 Å². The number of aromatic nitrogens is 2. The van der Waals surface area contributed by atoms with Gasteiger partial charge in [-0.1, -0.05) is 23.8 Å². The topological polar surface area (TPSA) is 61.9 Å². The second-order valence-corrected chi connectivity index (χ2v) is 9.15. The van der Waals surface area contributed by atoms with Crippen LogP contribution in [0, 0.1) is 25.2 Å². The van der Waals surface area contributed by atoms with E-state index in [-0.39, 0.29) is 12.1 Å². The highest BCUT2D eigenvalue weighted by molar-refractivity contribution is 7.18.